The van der Waals surface area contributed by atoms with Gasteiger partial charge in [-0.1, -0.05) is 20.3 Å². The van der Waals surface area contributed by atoms with Gasteiger partial charge in [0.05, 0.1) is 6.61 Å². The Kier molecular flexibility index (Phi) is 21.4. The van der Waals surface area contributed by atoms with E-state index in [2.05, 4.69) is 11.7 Å². The fourth-order valence-electron chi connectivity index (χ4n) is 0.360. The summed E-state index contributed by atoms with van der Waals surface area (Å²) < 4.78 is 4.64. The van der Waals surface area contributed by atoms with Crippen LogP contribution in [0.5, 0.6) is 0 Å². The van der Waals surface area contributed by atoms with E-state index in [4.69, 9.17) is 0 Å². The second kappa shape index (κ2) is 17.2. The van der Waals surface area contributed by atoms with Gasteiger partial charge in [-0.05, 0) is 27.2 Å². The zero-order valence-electron chi connectivity index (χ0n) is 12.0. The number of carbonyl (C=O) groups is 3. The minimum Gasteiger partial charge on any atom is -0.466 e. The third-order valence-electron chi connectivity index (χ3n) is 1.30. The number of hydrogen-bond donors (Lipinski definition) is 0. The van der Waals surface area contributed by atoms with Crippen LogP contribution in [0.3, 0.4) is 0 Å². The van der Waals surface area contributed by atoms with E-state index in [9.17, 15) is 14.4 Å². The second-order valence-electron chi connectivity index (χ2n) is 3.66. The topological polar surface area (TPSA) is 60.4 Å². The first-order chi connectivity index (χ1) is 7.77. The van der Waals surface area contributed by atoms with Crippen molar-refractivity contribution in [3.8, 4) is 0 Å². The standard InChI is InChI=1S/C6H12O2.C4H8O.C3H6O/c1-3-4-5-8-6(2)7;1-3-4(2)5;1-3(2)4/h3-5H2,1-2H3;3H2,1-2H3;1-2H3. The van der Waals surface area contributed by atoms with Crippen molar-refractivity contribution < 1.29 is 19.1 Å². The van der Waals surface area contributed by atoms with Crippen molar-refractivity contribution in [1.82, 2.24) is 0 Å². The Hall–Kier alpha value is -1.19. The highest BCUT2D eigenvalue weighted by Crippen LogP contribution is 1.86. The van der Waals surface area contributed by atoms with Crippen molar-refractivity contribution >= 4 is 17.5 Å². The van der Waals surface area contributed by atoms with Crippen LogP contribution in [0.15, 0.2) is 0 Å². The van der Waals surface area contributed by atoms with E-state index in [1.165, 1.54) is 20.8 Å². The van der Waals surface area contributed by atoms with Crippen LogP contribution in [0.25, 0.3) is 0 Å². The average Bonchev–Trinajstić information content (AvgIpc) is 2.17. The molecule has 102 valence electrons. The molecule has 0 radical (unpaired) electrons. The van der Waals surface area contributed by atoms with Crippen molar-refractivity contribution in [2.24, 2.45) is 0 Å². The lowest BCUT2D eigenvalue weighted by molar-refractivity contribution is -0.141. The first kappa shape index (κ1) is 21.1. The van der Waals surface area contributed by atoms with Crippen LogP contribution in [-0.4, -0.2) is 24.1 Å². The van der Waals surface area contributed by atoms with Gasteiger partial charge in [-0.2, -0.15) is 0 Å². The van der Waals surface area contributed by atoms with E-state index >= 15 is 0 Å². The maximum Gasteiger partial charge on any atom is 0.302 e. The number of hydrogen-bond acceptors (Lipinski definition) is 4. The van der Waals surface area contributed by atoms with E-state index in [0.29, 0.717) is 13.0 Å². The molecule has 0 saturated heterocycles. The maximum atomic E-state index is 10.1. The number of carbonyl (C=O) groups excluding carboxylic acids is 3. The Labute approximate surface area is 105 Å². The molecule has 0 atom stereocenters. The fourth-order valence-corrected chi connectivity index (χ4v) is 0.360. The molecule has 0 aromatic rings. The molecule has 0 aliphatic rings. The van der Waals surface area contributed by atoms with Gasteiger partial charge < -0.3 is 14.3 Å². The molecule has 4 nitrogen and oxygen atoms in total. The Morgan fingerprint density at radius 2 is 1.29 bits per heavy atom. The molecule has 0 saturated carbocycles. The minimum absolute atomic E-state index is 0.167. The number of esters is 1. The summed E-state index contributed by atoms with van der Waals surface area (Å²) in [6, 6.07) is 0. The third-order valence-corrected chi connectivity index (χ3v) is 1.30. The van der Waals surface area contributed by atoms with Crippen LogP contribution in [0.2, 0.25) is 0 Å². The minimum atomic E-state index is -0.182. The Morgan fingerprint density at radius 3 is 1.47 bits per heavy atom. The molecule has 17 heavy (non-hydrogen) atoms. The molecular formula is C13H26O4. The zero-order chi connectivity index (χ0) is 14.3. The normalized spacial score (nSPS) is 7.88. The summed E-state index contributed by atoms with van der Waals surface area (Å²) >= 11 is 0. The summed E-state index contributed by atoms with van der Waals surface area (Å²) in [6.07, 6.45) is 2.72. The van der Waals surface area contributed by atoms with Crippen LogP contribution in [-0.2, 0) is 19.1 Å². The second-order valence-corrected chi connectivity index (χ2v) is 3.66. The molecule has 0 rings (SSSR count). The van der Waals surface area contributed by atoms with Crippen LogP contribution < -0.4 is 0 Å². The first-order valence-electron chi connectivity index (χ1n) is 5.87. The highest BCUT2D eigenvalue weighted by Gasteiger charge is 1.88. The van der Waals surface area contributed by atoms with Crippen molar-refractivity contribution in [2.75, 3.05) is 6.61 Å². The fraction of sp³-hybridized carbons (Fsp3) is 0.769. The van der Waals surface area contributed by atoms with Gasteiger partial charge in [-0.25, -0.2) is 0 Å². The van der Waals surface area contributed by atoms with Crippen LogP contribution in [0.4, 0.5) is 0 Å². The van der Waals surface area contributed by atoms with E-state index in [1.54, 1.807) is 6.92 Å². The molecule has 0 bridgehead atoms. The van der Waals surface area contributed by atoms with Crippen molar-refractivity contribution in [3.05, 3.63) is 0 Å². The molecular weight excluding hydrogens is 220 g/mol. The molecule has 0 fully saturated rings. The Morgan fingerprint density at radius 1 is 0.941 bits per heavy atom. The maximum absolute atomic E-state index is 10.1. The molecule has 0 aromatic heterocycles. The van der Waals surface area contributed by atoms with Crippen LogP contribution in [0.1, 0.15) is 60.8 Å². The molecule has 0 N–H and O–H groups in total. The highest BCUT2D eigenvalue weighted by molar-refractivity contribution is 5.74. The average molecular weight is 246 g/mol. The third kappa shape index (κ3) is 72.0. The number of Topliss-reactive ketones (excluding diaryl/α,β-unsaturated/α-hetero) is 2. The number of ketones is 2. The zero-order valence-corrected chi connectivity index (χ0v) is 12.0. The molecule has 4 heteroatoms. The molecule has 0 spiro atoms. The number of rotatable bonds is 4. The molecule has 0 aliphatic heterocycles. The van der Waals surface area contributed by atoms with Gasteiger partial charge in [-0.3, -0.25) is 4.79 Å². The van der Waals surface area contributed by atoms with Crippen molar-refractivity contribution in [1.29, 1.82) is 0 Å². The quantitative estimate of drug-likeness (QED) is 0.565. The van der Waals surface area contributed by atoms with E-state index < -0.39 is 0 Å². The lowest BCUT2D eigenvalue weighted by Crippen LogP contribution is -1.99. The number of unbranched alkanes of at least 4 members (excludes halogenated alkanes) is 1. The van der Waals surface area contributed by atoms with Gasteiger partial charge in [0.15, 0.2) is 0 Å². The van der Waals surface area contributed by atoms with Gasteiger partial charge in [0, 0.05) is 13.3 Å². The number of ether oxygens (including phenoxy) is 1. The van der Waals surface area contributed by atoms with Crippen LogP contribution in [0, 0.1) is 0 Å². The monoisotopic (exact) mass is 246 g/mol. The van der Waals surface area contributed by atoms with Gasteiger partial charge >= 0.3 is 5.97 Å². The first-order valence-corrected chi connectivity index (χ1v) is 5.87. The van der Waals surface area contributed by atoms with Gasteiger partial charge in [-0.15, -0.1) is 0 Å². The smallest absolute Gasteiger partial charge is 0.302 e. The SMILES string of the molecule is CC(C)=O.CCC(C)=O.CCCCOC(C)=O. The van der Waals surface area contributed by atoms with Gasteiger partial charge in [0.2, 0.25) is 0 Å². The Balaban J connectivity index is -0.000000188. The summed E-state index contributed by atoms with van der Waals surface area (Å²) in [5.74, 6) is 0.239. The summed E-state index contributed by atoms with van der Waals surface area (Å²) in [4.78, 5) is 29.4. The summed E-state index contributed by atoms with van der Waals surface area (Å²) in [7, 11) is 0. The highest BCUT2D eigenvalue weighted by atomic mass is 16.5. The molecule has 0 amide bonds. The summed E-state index contributed by atoms with van der Waals surface area (Å²) in [6.45, 7) is 10.5. The molecule has 0 heterocycles. The van der Waals surface area contributed by atoms with Crippen molar-refractivity contribution in [2.45, 2.75) is 60.8 Å². The molecule has 0 aromatic carbocycles. The predicted octanol–water partition coefficient (Wildman–Crippen LogP) is 2.93. The van der Waals surface area contributed by atoms with E-state index in [-0.39, 0.29) is 17.5 Å². The predicted molar refractivity (Wildman–Crippen MR) is 68.9 cm³/mol. The van der Waals surface area contributed by atoms with Crippen LogP contribution >= 0.6 is 0 Å². The largest absolute Gasteiger partial charge is 0.466 e. The van der Waals surface area contributed by atoms with Gasteiger partial charge in [0.1, 0.15) is 11.6 Å². The summed E-state index contributed by atoms with van der Waals surface area (Å²) in [5, 5.41) is 0. The molecule has 0 unspecified atom stereocenters. The Bertz CT molecular complexity index is 205. The van der Waals surface area contributed by atoms with E-state index in [1.807, 2.05) is 6.92 Å². The van der Waals surface area contributed by atoms with Crippen molar-refractivity contribution in [3.63, 3.8) is 0 Å². The van der Waals surface area contributed by atoms with Gasteiger partial charge in [0.25, 0.3) is 0 Å². The van der Waals surface area contributed by atoms with E-state index in [0.717, 1.165) is 12.8 Å². The lowest BCUT2D eigenvalue weighted by atomic mass is 10.4. The molecule has 0 aliphatic carbocycles. The lowest BCUT2D eigenvalue weighted by Gasteiger charge is -1.96. The summed E-state index contributed by atoms with van der Waals surface area (Å²) in [5.41, 5.74) is 0.